The summed E-state index contributed by atoms with van der Waals surface area (Å²) in [6, 6.07) is 6.40. The first-order chi connectivity index (χ1) is 12.1. The van der Waals surface area contributed by atoms with Gasteiger partial charge in [-0.1, -0.05) is 25.6 Å². The van der Waals surface area contributed by atoms with Gasteiger partial charge in [-0.15, -0.1) is 0 Å². The first-order valence-corrected chi connectivity index (χ1v) is 9.45. The van der Waals surface area contributed by atoms with Gasteiger partial charge < -0.3 is 20.1 Å². The van der Waals surface area contributed by atoms with E-state index in [9.17, 15) is 9.59 Å². The highest BCUT2D eigenvalue weighted by Crippen LogP contribution is 2.31. The molecule has 1 aromatic carbocycles. The molecule has 1 aromatic rings. The Hall–Kier alpha value is -2.15. The highest BCUT2D eigenvalue weighted by atomic mass is 32.2. The van der Waals surface area contributed by atoms with E-state index in [4.69, 9.17) is 9.47 Å². The molecular formula is C18H24N2O4S. The van der Waals surface area contributed by atoms with Crippen molar-refractivity contribution in [3.63, 3.8) is 0 Å². The molecule has 1 saturated heterocycles. The number of hydrogen-bond donors (Lipinski definition) is 2. The number of thioether (sulfide) groups is 1. The number of nitrogens with one attached hydrogen (secondary N) is 2. The highest BCUT2D eigenvalue weighted by molar-refractivity contribution is 7.99. The van der Waals surface area contributed by atoms with Crippen LogP contribution in [0.25, 0.3) is 0 Å². The largest absolute Gasteiger partial charge is 0.494 e. The summed E-state index contributed by atoms with van der Waals surface area (Å²) in [6.45, 7) is 8.71. The molecule has 2 rings (SSSR count). The summed E-state index contributed by atoms with van der Waals surface area (Å²) in [5.41, 5.74) is 1.14. The van der Waals surface area contributed by atoms with Crippen LogP contribution in [0.2, 0.25) is 0 Å². The topological polar surface area (TPSA) is 76.7 Å². The molecule has 1 fully saturated rings. The number of hydrogen-bond acceptors (Lipinski definition) is 5. The van der Waals surface area contributed by atoms with Crippen molar-refractivity contribution in [1.29, 1.82) is 0 Å². The van der Waals surface area contributed by atoms with Crippen molar-refractivity contribution in [1.82, 2.24) is 10.6 Å². The predicted octanol–water partition coefficient (Wildman–Crippen LogP) is 2.87. The molecule has 0 aliphatic carbocycles. The lowest BCUT2D eigenvalue weighted by Gasteiger charge is -2.33. The molecule has 1 aliphatic rings. The summed E-state index contributed by atoms with van der Waals surface area (Å²) in [4.78, 5) is 24.4. The van der Waals surface area contributed by atoms with Gasteiger partial charge in [0.1, 0.15) is 18.3 Å². The third-order valence-electron chi connectivity index (χ3n) is 3.75. The Kier molecular flexibility index (Phi) is 7.18. The molecule has 0 unspecified atom stereocenters. The average Bonchev–Trinajstić information content (AvgIpc) is 2.59. The monoisotopic (exact) mass is 364 g/mol. The molecule has 0 saturated carbocycles. The standard InChI is InChI=1S/C18H24N2O4S/c1-4-23-14-8-6-13(7-9-14)16-15(12(3)19-18(22)20-16)17(21)24-10-11-25-5-2/h6-9,15-16H,3-5,10-11H2,1-2H3,(H2,19,20,22)/t15-,16-/m0/s1. The van der Waals surface area contributed by atoms with Crippen LogP contribution in [0.5, 0.6) is 5.75 Å². The van der Waals surface area contributed by atoms with Crippen LogP contribution in [-0.4, -0.2) is 36.7 Å². The zero-order chi connectivity index (χ0) is 18.2. The van der Waals surface area contributed by atoms with Gasteiger partial charge in [-0.2, -0.15) is 11.8 Å². The number of carbonyl (C=O) groups is 2. The van der Waals surface area contributed by atoms with E-state index >= 15 is 0 Å². The van der Waals surface area contributed by atoms with Crippen molar-refractivity contribution in [3.05, 3.63) is 42.1 Å². The van der Waals surface area contributed by atoms with Gasteiger partial charge in [0.2, 0.25) is 0 Å². The van der Waals surface area contributed by atoms with Gasteiger partial charge in [-0.05, 0) is 30.4 Å². The molecule has 7 heteroatoms. The summed E-state index contributed by atoms with van der Waals surface area (Å²) in [6.07, 6.45) is 0. The van der Waals surface area contributed by atoms with E-state index in [0.717, 1.165) is 22.8 Å². The normalized spacial score (nSPS) is 19.8. The van der Waals surface area contributed by atoms with Crippen LogP contribution in [-0.2, 0) is 9.53 Å². The lowest BCUT2D eigenvalue weighted by Crippen LogP contribution is -2.51. The lowest BCUT2D eigenvalue weighted by molar-refractivity contribution is -0.147. The van der Waals surface area contributed by atoms with Crippen LogP contribution in [0.3, 0.4) is 0 Å². The SMILES string of the molecule is C=C1NC(=O)N[C@@H](c2ccc(OCC)cc2)[C@H]1C(=O)OCCSCC. The van der Waals surface area contributed by atoms with Gasteiger partial charge in [-0.25, -0.2) is 4.79 Å². The Bertz CT molecular complexity index is 618. The number of esters is 1. The highest BCUT2D eigenvalue weighted by Gasteiger charge is 2.38. The van der Waals surface area contributed by atoms with Crippen molar-refractivity contribution in [2.24, 2.45) is 5.92 Å². The molecule has 0 radical (unpaired) electrons. The Morgan fingerprint density at radius 2 is 2.00 bits per heavy atom. The number of rotatable bonds is 8. The van der Waals surface area contributed by atoms with Crippen molar-refractivity contribution in [3.8, 4) is 5.75 Å². The molecule has 2 amide bonds. The lowest BCUT2D eigenvalue weighted by atomic mass is 9.89. The Morgan fingerprint density at radius 1 is 1.28 bits per heavy atom. The number of carbonyl (C=O) groups excluding carboxylic acids is 2. The van der Waals surface area contributed by atoms with Crippen molar-refractivity contribution >= 4 is 23.8 Å². The second kappa shape index (κ2) is 9.36. The third-order valence-corrected chi connectivity index (χ3v) is 4.61. The minimum absolute atomic E-state index is 0.338. The quantitative estimate of drug-likeness (QED) is 0.548. The van der Waals surface area contributed by atoms with E-state index in [2.05, 4.69) is 24.1 Å². The Balaban J connectivity index is 2.14. The second-order valence-corrected chi connectivity index (χ2v) is 6.84. The molecule has 0 spiro atoms. The van der Waals surface area contributed by atoms with Crippen molar-refractivity contribution in [2.75, 3.05) is 24.7 Å². The summed E-state index contributed by atoms with van der Waals surface area (Å²) in [7, 11) is 0. The maximum absolute atomic E-state index is 12.5. The zero-order valence-corrected chi connectivity index (χ0v) is 15.4. The number of benzene rings is 1. The fourth-order valence-corrected chi connectivity index (χ4v) is 3.10. The molecule has 2 N–H and O–H groups in total. The zero-order valence-electron chi connectivity index (χ0n) is 14.5. The molecule has 1 aliphatic heterocycles. The van der Waals surface area contributed by atoms with Crippen LogP contribution in [0.4, 0.5) is 4.79 Å². The molecule has 136 valence electrons. The van der Waals surface area contributed by atoms with Gasteiger partial charge in [0.25, 0.3) is 0 Å². The van der Waals surface area contributed by atoms with Gasteiger partial charge in [0.05, 0.1) is 12.6 Å². The Labute approximate surface area is 152 Å². The van der Waals surface area contributed by atoms with E-state index in [1.807, 2.05) is 31.2 Å². The fraction of sp³-hybridized carbons (Fsp3) is 0.444. The molecule has 0 bridgehead atoms. The number of urea groups is 1. The maximum Gasteiger partial charge on any atom is 0.319 e. The first-order valence-electron chi connectivity index (χ1n) is 8.30. The maximum atomic E-state index is 12.5. The van der Waals surface area contributed by atoms with E-state index < -0.39 is 17.9 Å². The van der Waals surface area contributed by atoms with Crippen molar-refractivity contribution in [2.45, 2.75) is 19.9 Å². The molecule has 1 heterocycles. The average molecular weight is 364 g/mol. The first kappa shape index (κ1) is 19.2. The van der Waals surface area contributed by atoms with Crippen LogP contribution < -0.4 is 15.4 Å². The summed E-state index contributed by atoms with van der Waals surface area (Å²) in [5.74, 6) is 1.38. The summed E-state index contributed by atoms with van der Waals surface area (Å²) < 4.78 is 10.8. The molecule has 25 heavy (non-hydrogen) atoms. The molecular weight excluding hydrogens is 340 g/mol. The molecule has 6 nitrogen and oxygen atoms in total. The minimum atomic E-state index is -0.678. The van der Waals surface area contributed by atoms with Crippen molar-refractivity contribution < 1.29 is 19.1 Å². The Morgan fingerprint density at radius 3 is 2.64 bits per heavy atom. The summed E-state index contributed by atoms with van der Waals surface area (Å²) >= 11 is 1.70. The molecule has 2 atom stereocenters. The van der Waals surface area contributed by atoms with E-state index in [-0.39, 0.29) is 6.03 Å². The smallest absolute Gasteiger partial charge is 0.319 e. The number of ether oxygens (including phenoxy) is 2. The molecule has 0 aromatic heterocycles. The van der Waals surface area contributed by atoms with Crippen LogP contribution in [0, 0.1) is 5.92 Å². The van der Waals surface area contributed by atoms with Crippen LogP contribution >= 0.6 is 11.8 Å². The van der Waals surface area contributed by atoms with Crippen LogP contribution in [0.15, 0.2) is 36.5 Å². The van der Waals surface area contributed by atoms with E-state index in [1.165, 1.54) is 0 Å². The summed E-state index contributed by atoms with van der Waals surface area (Å²) in [5, 5.41) is 5.36. The second-order valence-electron chi connectivity index (χ2n) is 5.45. The predicted molar refractivity (Wildman–Crippen MR) is 98.6 cm³/mol. The minimum Gasteiger partial charge on any atom is -0.494 e. The van der Waals surface area contributed by atoms with Gasteiger partial charge in [-0.3, -0.25) is 4.79 Å². The van der Waals surface area contributed by atoms with Gasteiger partial charge in [0.15, 0.2) is 0 Å². The fourth-order valence-electron chi connectivity index (χ4n) is 2.61. The van der Waals surface area contributed by atoms with Gasteiger partial charge in [0, 0.05) is 11.4 Å². The van der Waals surface area contributed by atoms with E-state index in [0.29, 0.717) is 18.9 Å². The number of amides is 2. The van der Waals surface area contributed by atoms with Gasteiger partial charge >= 0.3 is 12.0 Å². The van der Waals surface area contributed by atoms with Crippen LogP contribution in [0.1, 0.15) is 25.5 Å². The van der Waals surface area contributed by atoms with E-state index in [1.54, 1.807) is 11.8 Å². The third kappa shape index (κ3) is 5.16.